The average Bonchev–Trinajstić information content (AvgIpc) is 2.41. The Morgan fingerprint density at radius 3 is 2.74 bits per heavy atom. The molecule has 0 bridgehead atoms. The quantitative estimate of drug-likeness (QED) is 0.856. The molecular weight excluding hydrogens is 242 g/mol. The van der Waals surface area contributed by atoms with Gasteiger partial charge in [0.2, 0.25) is 0 Å². The van der Waals surface area contributed by atoms with Crippen molar-refractivity contribution >= 4 is 17.5 Å². The molecule has 0 fully saturated rings. The van der Waals surface area contributed by atoms with Crippen molar-refractivity contribution in [3.8, 4) is 0 Å². The van der Waals surface area contributed by atoms with Gasteiger partial charge in [0.1, 0.15) is 11.4 Å². The number of nitrogens with zero attached hydrogens (tertiary/aromatic N) is 2. The first-order valence-corrected chi connectivity index (χ1v) is 5.86. The zero-order valence-corrected chi connectivity index (χ0v) is 11.1. The van der Waals surface area contributed by atoms with Crippen LogP contribution in [0.1, 0.15) is 21.7 Å². The number of carbonyl (C=O) groups is 1. The topological polar surface area (TPSA) is 64.1 Å². The van der Waals surface area contributed by atoms with Gasteiger partial charge < -0.3 is 10.1 Å². The van der Waals surface area contributed by atoms with Gasteiger partial charge in [-0.3, -0.25) is 4.98 Å². The lowest BCUT2D eigenvalue weighted by Gasteiger charge is -2.11. The van der Waals surface area contributed by atoms with Crippen molar-refractivity contribution in [2.75, 3.05) is 12.4 Å². The predicted octanol–water partition coefficient (Wildman–Crippen LogP) is 2.62. The van der Waals surface area contributed by atoms with Gasteiger partial charge in [-0.05, 0) is 38.1 Å². The molecule has 2 aromatic rings. The SMILES string of the molecule is COC(=O)c1cccnc1Nc1ccc(C)nc1C. The van der Waals surface area contributed by atoms with Gasteiger partial charge in [-0.25, -0.2) is 9.78 Å². The monoisotopic (exact) mass is 257 g/mol. The highest BCUT2D eigenvalue weighted by Gasteiger charge is 2.13. The molecule has 1 N–H and O–H groups in total. The lowest BCUT2D eigenvalue weighted by atomic mass is 10.2. The van der Waals surface area contributed by atoms with Crippen molar-refractivity contribution in [1.29, 1.82) is 0 Å². The standard InChI is InChI=1S/C14H15N3O2/c1-9-6-7-12(10(2)16-9)17-13-11(14(18)19-3)5-4-8-15-13/h4-8H,1-3H3,(H,15,17). The summed E-state index contributed by atoms with van der Waals surface area (Å²) < 4.78 is 4.73. The highest BCUT2D eigenvalue weighted by atomic mass is 16.5. The zero-order chi connectivity index (χ0) is 13.8. The van der Waals surface area contributed by atoms with Gasteiger partial charge in [0.15, 0.2) is 0 Å². The van der Waals surface area contributed by atoms with Crippen LogP contribution in [-0.2, 0) is 4.74 Å². The van der Waals surface area contributed by atoms with Crippen LogP contribution in [-0.4, -0.2) is 23.0 Å². The average molecular weight is 257 g/mol. The molecule has 0 radical (unpaired) electrons. The van der Waals surface area contributed by atoms with E-state index in [4.69, 9.17) is 4.74 Å². The molecule has 0 atom stereocenters. The number of ether oxygens (including phenoxy) is 1. The highest BCUT2D eigenvalue weighted by molar-refractivity contribution is 5.95. The molecule has 0 aliphatic rings. The molecule has 0 aliphatic heterocycles. The highest BCUT2D eigenvalue weighted by Crippen LogP contribution is 2.21. The van der Waals surface area contributed by atoms with Crippen LogP contribution in [0.4, 0.5) is 11.5 Å². The Hall–Kier alpha value is -2.43. The molecule has 0 aromatic carbocycles. The van der Waals surface area contributed by atoms with Crippen molar-refractivity contribution in [2.45, 2.75) is 13.8 Å². The van der Waals surface area contributed by atoms with E-state index in [0.29, 0.717) is 11.4 Å². The number of nitrogens with one attached hydrogen (secondary N) is 1. The van der Waals surface area contributed by atoms with Gasteiger partial charge in [-0.2, -0.15) is 0 Å². The molecule has 5 heteroatoms. The minimum atomic E-state index is -0.423. The molecule has 19 heavy (non-hydrogen) atoms. The number of aromatic nitrogens is 2. The van der Waals surface area contributed by atoms with E-state index in [2.05, 4.69) is 15.3 Å². The van der Waals surface area contributed by atoms with Crippen molar-refractivity contribution in [2.24, 2.45) is 0 Å². The first kappa shape index (κ1) is 13.0. The Morgan fingerprint density at radius 1 is 1.26 bits per heavy atom. The van der Waals surface area contributed by atoms with Crippen molar-refractivity contribution in [1.82, 2.24) is 9.97 Å². The Morgan fingerprint density at radius 2 is 2.05 bits per heavy atom. The Kier molecular flexibility index (Phi) is 3.75. The number of anilines is 2. The van der Waals surface area contributed by atoms with E-state index in [0.717, 1.165) is 17.1 Å². The predicted molar refractivity (Wildman–Crippen MR) is 72.6 cm³/mol. The number of rotatable bonds is 3. The first-order chi connectivity index (χ1) is 9.11. The summed E-state index contributed by atoms with van der Waals surface area (Å²) in [6, 6.07) is 7.17. The maximum atomic E-state index is 11.6. The third kappa shape index (κ3) is 2.88. The van der Waals surface area contributed by atoms with Crippen LogP contribution in [0, 0.1) is 13.8 Å². The fraction of sp³-hybridized carbons (Fsp3) is 0.214. The van der Waals surface area contributed by atoms with E-state index in [1.54, 1.807) is 18.3 Å². The molecule has 2 heterocycles. The lowest BCUT2D eigenvalue weighted by Crippen LogP contribution is -2.08. The summed E-state index contributed by atoms with van der Waals surface area (Å²) in [6.45, 7) is 3.83. The molecule has 2 aromatic heterocycles. The summed E-state index contributed by atoms with van der Waals surface area (Å²) >= 11 is 0. The smallest absolute Gasteiger partial charge is 0.341 e. The fourth-order valence-corrected chi connectivity index (χ4v) is 1.73. The lowest BCUT2D eigenvalue weighted by molar-refractivity contribution is 0.0601. The number of esters is 1. The number of methoxy groups -OCH3 is 1. The van der Waals surface area contributed by atoms with Crippen LogP contribution in [0.15, 0.2) is 30.5 Å². The third-order valence-corrected chi connectivity index (χ3v) is 2.69. The molecule has 0 amide bonds. The number of pyridine rings is 2. The van der Waals surface area contributed by atoms with Gasteiger partial charge in [0.25, 0.3) is 0 Å². The minimum Gasteiger partial charge on any atom is -0.465 e. The van der Waals surface area contributed by atoms with E-state index < -0.39 is 5.97 Å². The summed E-state index contributed by atoms with van der Waals surface area (Å²) in [5, 5.41) is 3.11. The van der Waals surface area contributed by atoms with Crippen LogP contribution >= 0.6 is 0 Å². The normalized spacial score (nSPS) is 10.1. The van der Waals surface area contributed by atoms with Crippen LogP contribution in [0.5, 0.6) is 0 Å². The third-order valence-electron chi connectivity index (χ3n) is 2.69. The molecule has 0 unspecified atom stereocenters. The first-order valence-electron chi connectivity index (χ1n) is 5.86. The van der Waals surface area contributed by atoms with Crippen LogP contribution in [0.2, 0.25) is 0 Å². The van der Waals surface area contributed by atoms with E-state index in [1.807, 2.05) is 26.0 Å². The number of hydrogen-bond acceptors (Lipinski definition) is 5. The molecular formula is C14H15N3O2. The fourth-order valence-electron chi connectivity index (χ4n) is 1.73. The maximum Gasteiger partial charge on any atom is 0.341 e. The second kappa shape index (κ2) is 5.48. The van der Waals surface area contributed by atoms with E-state index in [-0.39, 0.29) is 0 Å². The molecule has 0 aliphatic carbocycles. The van der Waals surface area contributed by atoms with Crippen molar-refractivity contribution < 1.29 is 9.53 Å². The second-order valence-electron chi connectivity index (χ2n) is 4.10. The number of aryl methyl sites for hydroxylation is 2. The maximum absolute atomic E-state index is 11.6. The Bertz CT molecular complexity index is 611. The molecule has 0 saturated heterocycles. The van der Waals surface area contributed by atoms with E-state index in [9.17, 15) is 4.79 Å². The van der Waals surface area contributed by atoms with Gasteiger partial charge >= 0.3 is 5.97 Å². The minimum absolute atomic E-state index is 0.393. The summed E-state index contributed by atoms with van der Waals surface area (Å²) in [7, 11) is 1.35. The van der Waals surface area contributed by atoms with E-state index >= 15 is 0 Å². The van der Waals surface area contributed by atoms with Gasteiger partial charge in [-0.15, -0.1) is 0 Å². The summed E-state index contributed by atoms with van der Waals surface area (Å²) in [5.74, 6) is 0.0384. The van der Waals surface area contributed by atoms with Gasteiger partial charge in [0.05, 0.1) is 18.5 Å². The van der Waals surface area contributed by atoms with Crippen LogP contribution < -0.4 is 5.32 Å². The van der Waals surface area contributed by atoms with Crippen molar-refractivity contribution in [3.05, 3.63) is 47.4 Å². The van der Waals surface area contributed by atoms with Crippen molar-refractivity contribution in [3.63, 3.8) is 0 Å². The molecule has 0 spiro atoms. The zero-order valence-electron chi connectivity index (χ0n) is 11.1. The molecule has 0 saturated carbocycles. The second-order valence-corrected chi connectivity index (χ2v) is 4.10. The van der Waals surface area contributed by atoms with E-state index in [1.165, 1.54) is 7.11 Å². The molecule has 98 valence electrons. The Labute approximate surface area is 111 Å². The van der Waals surface area contributed by atoms with Gasteiger partial charge in [0, 0.05) is 11.9 Å². The summed E-state index contributed by atoms with van der Waals surface area (Å²) in [5.41, 5.74) is 3.00. The molecule has 5 nitrogen and oxygen atoms in total. The molecule has 2 rings (SSSR count). The Balaban J connectivity index is 2.35. The largest absolute Gasteiger partial charge is 0.465 e. The summed E-state index contributed by atoms with van der Waals surface area (Å²) in [6.07, 6.45) is 1.62. The van der Waals surface area contributed by atoms with Crippen LogP contribution in [0.25, 0.3) is 0 Å². The number of carbonyl (C=O) groups excluding carboxylic acids is 1. The van der Waals surface area contributed by atoms with Crippen LogP contribution in [0.3, 0.4) is 0 Å². The summed E-state index contributed by atoms with van der Waals surface area (Å²) in [4.78, 5) is 20.2. The number of hydrogen-bond donors (Lipinski definition) is 1. The van der Waals surface area contributed by atoms with Gasteiger partial charge in [-0.1, -0.05) is 0 Å².